The predicted molar refractivity (Wildman–Crippen MR) is 108 cm³/mol. The van der Waals surface area contributed by atoms with Crippen LogP contribution in [-0.4, -0.2) is 21.6 Å². The van der Waals surface area contributed by atoms with Gasteiger partial charge in [-0.2, -0.15) is 13.2 Å². The molecular weight excluding hydrogens is 423 g/mol. The Kier molecular flexibility index (Phi) is 6.76. The second-order valence-corrected chi connectivity index (χ2v) is 7.47. The molecule has 3 aromatic rings. The smallest absolute Gasteiger partial charge is 0.325 e. The molecular formula is C20H15ClF3N3OS. The zero-order chi connectivity index (χ0) is 20.9. The van der Waals surface area contributed by atoms with Gasteiger partial charge >= 0.3 is 6.18 Å². The van der Waals surface area contributed by atoms with E-state index in [9.17, 15) is 18.0 Å². The number of aromatic nitrogens is 2. The molecule has 1 N–H and O–H groups in total. The minimum Gasteiger partial charge on any atom is -0.325 e. The summed E-state index contributed by atoms with van der Waals surface area (Å²) < 4.78 is 38.4. The summed E-state index contributed by atoms with van der Waals surface area (Å²) in [5, 5.41) is 3.17. The fraction of sp³-hybridized carbons (Fsp3) is 0.150. The van der Waals surface area contributed by atoms with Gasteiger partial charge in [0.25, 0.3) is 0 Å². The van der Waals surface area contributed by atoms with Crippen LogP contribution in [0.1, 0.15) is 12.0 Å². The first-order valence-electron chi connectivity index (χ1n) is 8.50. The molecule has 0 aliphatic rings. The molecule has 1 aromatic heterocycles. The van der Waals surface area contributed by atoms with Crippen molar-refractivity contribution in [1.82, 2.24) is 9.97 Å². The Morgan fingerprint density at radius 3 is 2.55 bits per heavy atom. The molecule has 1 amide bonds. The van der Waals surface area contributed by atoms with Gasteiger partial charge in [-0.1, -0.05) is 41.9 Å². The number of nitrogens with zero attached hydrogens (tertiary/aromatic N) is 2. The van der Waals surface area contributed by atoms with Gasteiger partial charge in [0.05, 0.1) is 27.0 Å². The van der Waals surface area contributed by atoms with Crippen molar-refractivity contribution in [2.24, 2.45) is 0 Å². The number of hydrogen-bond donors (Lipinski definition) is 1. The molecule has 2 aromatic carbocycles. The van der Waals surface area contributed by atoms with E-state index in [-0.39, 0.29) is 17.1 Å². The molecule has 0 saturated heterocycles. The number of benzene rings is 2. The number of nitrogens with one attached hydrogen (secondary N) is 1. The van der Waals surface area contributed by atoms with Gasteiger partial charge in [-0.05, 0) is 24.3 Å². The Bertz CT molecular complexity index is 1000. The molecule has 0 aliphatic carbocycles. The van der Waals surface area contributed by atoms with Gasteiger partial charge in [0.2, 0.25) is 5.91 Å². The molecule has 0 atom stereocenters. The molecule has 0 radical (unpaired) electrons. The van der Waals surface area contributed by atoms with Crippen molar-refractivity contribution in [1.29, 1.82) is 0 Å². The number of halogens is 4. The maximum Gasteiger partial charge on any atom is 0.416 e. The summed E-state index contributed by atoms with van der Waals surface area (Å²) >= 11 is 7.25. The monoisotopic (exact) mass is 437 g/mol. The second kappa shape index (κ2) is 9.28. The van der Waals surface area contributed by atoms with Crippen LogP contribution < -0.4 is 5.32 Å². The molecule has 3 rings (SSSR count). The maximum absolute atomic E-state index is 12.8. The highest BCUT2D eigenvalue weighted by Crippen LogP contribution is 2.34. The summed E-state index contributed by atoms with van der Waals surface area (Å²) in [6.45, 7) is 0. The van der Waals surface area contributed by atoms with Crippen molar-refractivity contribution in [2.75, 3.05) is 11.1 Å². The van der Waals surface area contributed by atoms with Crippen LogP contribution in [0.25, 0.3) is 11.3 Å². The molecule has 4 nitrogen and oxygen atoms in total. The summed E-state index contributed by atoms with van der Waals surface area (Å²) in [5.41, 5.74) is 0.780. The number of rotatable bonds is 6. The van der Waals surface area contributed by atoms with Crippen LogP contribution in [0.15, 0.2) is 66.0 Å². The van der Waals surface area contributed by atoms with Crippen LogP contribution in [0.4, 0.5) is 18.9 Å². The number of carbonyl (C=O) groups excluding carboxylic acids is 1. The lowest BCUT2D eigenvalue weighted by atomic mass is 10.1. The third-order valence-electron chi connectivity index (χ3n) is 3.86. The van der Waals surface area contributed by atoms with Gasteiger partial charge in [-0.15, -0.1) is 11.8 Å². The predicted octanol–water partition coefficient (Wildman–Crippen LogP) is 5.94. The third kappa shape index (κ3) is 5.95. The first-order chi connectivity index (χ1) is 13.8. The average Bonchev–Trinajstić information content (AvgIpc) is 2.70. The van der Waals surface area contributed by atoms with Crippen molar-refractivity contribution >= 4 is 35.0 Å². The average molecular weight is 438 g/mol. The summed E-state index contributed by atoms with van der Waals surface area (Å²) in [6, 6.07) is 14.2. The highest BCUT2D eigenvalue weighted by molar-refractivity contribution is 7.99. The minimum atomic E-state index is -4.51. The largest absolute Gasteiger partial charge is 0.416 e. The zero-order valence-corrected chi connectivity index (χ0v) is 16.5. The highest BCUT2D eigenvalue weighted by Gasteiger charge is 2.31. The minimum absolute atomic E-state index is 0.0438. The molecule has 1 heterocycles. The highest BCUT2D eigenvalue weighted by atomic mass is 35.5. The first kappa shape index (κ1) is 21.1. The van der Waals surface area contributed by atoms with Crippen molar-refractivity contribution < 1.29 is 18.0 Å². The van der Waals surface area contributed by atoms with Crippen LogP contribution in [0.2, 0.25) is 5.02 Å². The molecule has 0 spiro atoms. The maximum atomic E-state index is 12.8. The summed E-state index contributed by atoms with van der Waals surface area (Å²) in [5.74, 6) is -0.0377. The zero-order valence-electron chi connectivity index (χ0n) is 14.9. The molecule has 150 valence electrons. The Balaban J connectivity index is 1.57. The molecule has 0 fully saturated rings. The van der Waals surface area contributed by atoms with E-state index in [4.69, 9.17) is 11.6 Å². The van der Waals surface area contributed by atoms with Gasteiger partial charge in [0, 0.05) is 17.7 Å². The van der Waals surface area contributed by atoms with Crippen molar-refractivity contribution in [3.8, 4) is 11.3 Å². The van der Waals surface area contributed by atoms with Crippen LogP contribution in [0.3, 0.4) is 0 Å². The second-order valence-electron chi connectivity index (χ2n) is 5.95. The van der Waals surface area contributed by atoms with E-state index in [1.807, 2.05) is 36.4 Å². The normalized spacial score (nSPS) is 11.3. The summed E-state index contributed by atoms with van der Waals surface area (Å²) in [4.78, 5) is 20.5. The summed E-state index contributed by atoms with van der Waals surface area (Å²) in [6.07, 6.45) is -2.97. The number of carbonyl (C=O) groups is 1. The fourth-order valence-corrected chi connectivity index (χ4v) is 3.42. The molecule has 0 unspecified atom stereocenters. The van der Waals surface area contributed by atoms with Crippen LogP contribution in [0, 0.1) is 0 Å². The SMILES string of the molecule is O=C(CCSc1cc(-c2ccccc2)ncn1)Nc1cc(C(F)(F)F)ccc1Cl. The number of alkyl halides is 3. The fourth-order valence-electron chi connectivity index (χ4n) is 2.44. The number of hydrogen-bond acceptors (Lipinski definition) is 4. The third-order valence-corrected chi connectivity index (χ3v) is 5.12. The van der Waals surface area contributed by atoms with Crippen LogP contribution >= 0.6 is 23.4 Å². The lowest BCUT2D eigenvalue weighted by molar-refractivity contribution is -0.137. The quantitative estimate of drug-likeness (QED) is 0.383. The molecule has 0 bridgehead atoms. The molecule has 29 heavy (non-hydrogen) atoms. The Hall–Kier alpha value is -2.58. The van der Waals surface area contributed by atoms with Crippen molar-refractivity contribution in [3.63, 3.8) is 0 Å². The van der Waals surface area contributed by atoms with Gasteiger partial charge in [0.1, 0.15) is 6.33 Å². The number of thioether (sulfide) groups is 1. The number of anilines is 1. The van der Waals surface area contributed by atoms with Crippen LogP contribution in [-0.2, 0) is 11.0 Å². The standard InChI is InChI=1S/C20H15ClF3N3OS/c21-15-7-6-14(20(22,23)24)10-17(15)27-18(28)8-9-29-19-11-16(25-12-26-19)13-4-2-1-3-5-13/h1-7,10-12H,8-9H2,(H,27,28). The van der Waals surface area contributed by atoms with Gasteiger partial charge in [0.15, 0.2) is 0 Å². The van der Waals surface area contributed by atoms with Gasteiger partial charge < -0.3 is 5.32 Å². The van der Waals surface area contributed by atoms with Crippen LogP contribution in [0.5, 0.6) is 0 Å². The van der Waals surface area contributed by atoms with Crippen molar-refractivity contribution in [2.45, 2.75) is 17.6 Å². The van der Waals surface area contributed by atoms with Gasteiger partial charge in [-0.3, -0.25) is 4.79 Å². The summed E-state index contributed by atoms with van der Waals surface area (Å²) in [7, 11) is 0. The Morgan fingerprint density at radius 1 is 1.07 bits per heavy atom. The molecule has 9 heteroatoms. The van der Waals surface area contributed by atoms with E-state index in [1.165, 1.54) is 18.1 Å². The van der Waals surface area contributed by atoms with E-state index < -0.39 is 17.6 Å². The van der Waals surface area contributed by atoms with E-state index in [2.05, 4.69) is 15.3 Å². The first-order valence-corrected chi connectivity index (χ1v) is 9.86. The topological polar surface area (TPSA) is 54.9 Å². The lowest BCUT2D eigenvalue weighted by Gasteiger charge is -2.11. The van der Waals surface area contributed by atoms with E-state index in [0.29, 0.717) is 10.8 Å². The number of amides is 1. The lowest BCUT2D eigenvalue weighted by Crippen LogP contribution is -2.14. The molecule has 0 saturated carbocycles. The van der Waals surface area contributed by atoms with Crippen molar-refractivity contribution in [3.05, 3.63) is 71.5 Å². The van der Waals surface area contributed by atoms with E-state index in [1.54, 1.807) is 0 Å². The van der Waals surface area contributed by atoms with E-state index >= 15 is 0 Å². The molecule has 0 aliphatic heterocycles. The Morgan fingerprint density at radius 2 is 1.83 bits per heavy atom. The van der Waals surface area contributed by atoms with Gasteiger partial charge in [-0.25, -0.2) is 9.97 Å². The van der Waals surface area contributed by atoms with E-state index in [0.717, 1.165) is 29.5 Å². The Labute approximate surface area is 174 Å².